The quantitative estimate of drug-likeness (QED) is 0.112. The van der Waals surface area contributed by atoms with E-state index in [0.717, 1.165) is 32.4 Å². The van der Waals surface area contributed by atoms with E-state index in [-0.39, 0.29) is 23.4 Å². The number of carbonyl (C=O) groups is 2. The number of pyridine rings is 1. The highest BCUT2D eigenvalue weighted by molar-refractivity contribution is 6.07. The van der Waals surface area contributed by atoms with Crippen LogP contribution in [0.15, 0.2) is 42.1 Å². The van der Waals surface area contributed by atoms with E-state index in [1.165, 1.54) is 30.7 Å². The Balaban J connectivity index is 0.000000415. The number of nitrogens with two attached hydrogens (primary N) is 1. The minimum atomic E-state index is -0.661. The van der Waals surface area contributed by atoms with E-state index in [2.05, 4.69) is 57.6 Å². The molecule has 1 aliphatic rings. The first-order valence-corrected chi connectivity index (χ1v) is 14.7. The normalized spacial score (nSPS) is 16.2. The van der Waals surface area contributed by atoms with E-state index < -0.39 is 5.92 Å². The number of ether oxygens (including phenoxy) is 1. The van der Waals surface area contributed by atoms with Crippen LogP contribution < -0.4 is 15.4 Å². The Bertz CT molecular complexity index is 987. The first-order chi connectivity index (χ1) is 18.8. The zero-order valence-electron chi connectivity index (χ0n) is 26.6. The van der Waals surface area contributed by atoms with Crippen LogP contribution in [0.2, 0.25) is 0 Å². The first kappa shape index (κ1) is 35.2. The van der Waals surface area contributed by atoms with E-state index >= 15 is 0 Å². The molecule has 8 heteroatoms. The molecule has 2 rings (SSSR count). The monoisotopic (exact) mass is 558 g/mol. The molecule has 8 nitrogen and oxygen atoms in total. The second kappa shape index (κ2) is 17.7. The van der Waals surface area contributed by atoms with Gasteiger partial charge in [-0.05, 0) is 56.4 Å². The molecule has 0 radical (unpaired) electrons. The van der Waals surface area contributed by atoms with E-state index in [1.807, 2.05) is 26.0 Å². The lowest BCUT2D eigenvalue weighted by Gasteiger charge is -2.25. The predicted octanol–water partition coefficient (Wildman–Crippen LogP) is 6.53. The van der Waals surface area contributed by atoms with Crippen LogP contribution in [-0.4, -0.2) is 47.9 Å². The van der Waals surface area contributed by atoms with Crippen LogP contribution >= 0.6 is 0 Å². The highest BCUT2D eigenvalue weighted by Gasteiger charge is 2.26. The van der Waals surface area contributed by atoms with Crippen molar-refractivity contribution < 1.29 is 19.2 Å². The van der Waals surface area contributed by atoms with Crippen molar-refractivity contribution in [3.05, 3.63) is 42.1 Å². The van der Waals surface area contributed by atoms with Crippen molar-refractivity contribution in [2.75, 3.05) is 25.1 Å². The molecule has 0 fully saturated rings. The molecule has 0 aromatic carbocycles. The molecule has 0 amide bonds. The minimum Gasteiger partial charge on any atom is -0.481 e. The summed E-state index contributed by atoms with van der Waals surface area (Å²) in [4.78, 5) is 36.0. The molecule has 0 spiro atoms. The summed E-state index contributed by atoms with van der Waals surface area (Å²) >= 11 is 0. The van der Waals surface area contributed by atoms with Gasteiger partial charge in [-0.15, -0.1) is 5.06 Å². The highest BCUT2D eigenvalue weighted by atomic mass is 16.7. The second-order valence-electron chi connectivity index (χ2n) is 11.7. The summed E-state index contributed by atoms with van der Waals surface area (Å²) in [7, 11) is 1.65. The number of carbonyl (C=O) groups excluding carboxylic acids is 2. The van der Waals surface area contributed by atoms with Crippen LogP contribution in [0.5, 0.6) is 5.88 Å². The summed E-state index contributed by atoms with van der Waals surface area (Å²) in [5.41, 5.74) is 8.56. The first-order valence-electron chi connectivity index (χ1n) is 14.7. The fraction of sp³-hybridized carbons (Fsp3) is 0.656. The van der Waals surface area contributed by atoms with Gasteiger partial charge < -0.3 is 20.2 Å². The molecular weight excluding hydrogens is 504 g/mol. The van der Waals surface area contributed by atoms with Crippen LogP contribution in [0.4, 0.5) is 5.69 Å². The van der Waals surface area contributed by atoms with Crippen LogP contribution in [0.3, 0.4) is 0 Å². The third-order valence-corrected chi connectivity index (χ3v) is 6.82. The van der Waals surface area contributed by atoms with Gasteiger partial charge in [0.2, 0.25) is 11.8 Å². The van der Waals surface area contributed by atoms with Crippen LogP contribution in [0.1, 0.15) is 88.0 Å². The molecule has 1 aliphatic heterocycles. The number of aromatic nitrogens is 1. The Morgan fingerprint density at radius 1 is 1.18 bits per heavy atom. The van der Waals surface area contributed by atoms with Gasteiger partial charge in [-0.25, -0.2) is 4.98 Å². The van der Waals surface area contributed by atoms with Crippen molar-refractivity contribution in [2.24, 2.45) is 29.4 Å². The topological polar surface area (TPSA) is 98.0 Å². The van der Waals surface area contributed by atoms with E-state index in [4.69, 9.17) is 15.3 Å². The Morgan fingerprint density at radius 3 is 2.35 bits per heavy atom. The molecule has 1 aromatic rings. The predicted molar refractivity (Wildman–Crippen MR) is 164 cm³/mol. The third kappa shape index (κ3) is 12.1. The molecular formula is C32H54N4O4. The summed E-state index contributed by atoms with van der Waals surface area (Å²) in [5.74, 6) is 0.547. The number of methoxy groups -OCH3 is 1. The fourth-order valence-corrected chi connectivity index (χ4v) is 4.68. The van der Waals surface area contributed by atoms with Gasteiger partial charge in [0.1, 0.15) is 5.78 Å². The van der Waals surface area contributed by atoms with Gasteiger partial charge in [0.05, 0.1) is 13.0 Å². The number of rotatable bonds is 15. The van der Waals surface area contributed by atoms with E-state index in [9.17, 15) is 9.59 Å². The van der Waals surface area contributed by atoms with Crippen molar-refractivity contribution in [2.45, 2.75) is 94.0 Å². The zero-order chi connectivity index (χ0) is 30.4. The number of allylic oxidation sites excluding steroid dienone is 1. The molecule has 0 aliphatic carbocycles. The molecule has 1 aromatic heterocycles. The van der Waals surface area contributed by atoms with Crippen molar-refractivity contribution in [3.8, 4) is 5.88 Å². The molecule has 2 heterocycles. The standard InChI is InChI=1S/C18H34N2O3.C14H20N2O/c1-12(2)8-9-20(11-13(3)4)23-17(19)10-16(22)18(14(5)6)15(7)21;1-4-11-8-12(5-2)16(10-11)13-6-7-15-14(9-13)17-3/h10,12-14,18H,8-9,11,19H2,1-7H3;6-7,9-10,12H,4-5,8H2,1-3H3/b17-10+;/t18-;/m0./s1. The van der Waals surface area contributed by atoms with Crippen LogP contribution in [-0.2, 0) is 14.4 Å². The highest BCUT2D eigenvalue weighted by Crippen LogP contribution is 2.32. The van der Waals surface area contributed by atoms with Crippen molar-refractivity contribution in [3.63, 3.8) is 0 Å². The average Bonchev–Trinajstić information content (AvgIpc) is 3.30. The maximum atomic E-state index is 12.2. The summed E-state index contributed by atoms with van der Waals surface area (Å²) in [5, 5.41) is 1.79. The Hall–Kier alpha value is -2.87. The van der Waals surface area contributed by atoms with Crippen molar-refractivity contribution in [1.29, 1.82) is 0 Å². The molecule has 2 N–H and O–H groups in total. The summed E-state index contributed by atoms with van der Waals surface area (Å²) in [6, 6.07) is 4.62. The number of anilines is 1. The van der Waals surface area contributed by atoms with E-state index in [0.29, 0.717) is 23.8 Å². The van der Waals surface area contributed by atoms with Crippen molar-refractivity contribution >= 4 is 17.3 Å². The smallest absolute Gasteiger partial charge is 0.214 e. The van der Waals surface area contributed by atoms with Gasteiger partial charge in [-0.1, -0.05) is 61.0 Å². The average molecular weight is 559 g/mol. The van der Waals surface area contributed by atoms with Crippen molar-refractivity contribution in [1.82, 2.24) is 10.0 Å². The number of hydrogen-bond acceptors (Lipinski definition) is 8. The lowest BCUT2D eigenvalue weighted by molar-refractivity contribution is -0.134. The van der Waals surface area contributed by atoms with Gasteiger partial charge in [0, 0.05) is 49.4 Å². The molecule has 2 atom stereocenters. The fourth-order valence-electron chi connectivity index (χ4n) is 4.68. The van der Waals surface area contributed by atoms with Crippen LogP contribution in [0, 0.1) is 23.7 Å². The lowest BCUT2D eigenvalue weighted by Crippen LogP contribution is -2.32. The van der Waals surface area contributed by atoms with Gasteiger partial charge in [-0.2, -0.15) is 0 Å². The Kier molecular flexibility index (Phi) is 15.6. The summed E-state index contributed by atoms with van der Waals surface area (Å²) < 4.78 is 5.18. The Morgan fingerprint density at radius 2 is 1.85 bits per heavy atom. The summed E-state index contributed by atoms with van der Waals surface area (Å²) in [6.07, 6.45) is 9.78. The largest absolute Gasteiger partial charge is 0.481 e. The number of Topliss-reactive ketones (excluding diaryl/α,β-unsaturated/α-hetero) is 1. The lowest BCUT2D eigenvalue weighted by atomic mass is 9.88. The number of hydroxylamine groups is 2. The SMILES string of the molecule is CC(=O)[C@@H](C(=O)/C=C(\N)ON(CCC(C)C)CC(C)C)C(C)C.CCC1=CN(c2ccnc(OC)c2)C(CC)C1. The summed E-state index contributed by atoms with van der Waals surface area (Å²) in [6.45, 7) is 19.6. The molecule has 0 saturated heterocycles. The maximum Gasteiger partial charge on any atom is 0.214 e. The number of ketones is 2. The molecule has 226 valence electrons. The Labute approximate surface area is 242 Å². The van der Waals surface area contributed by atoms with E-state index in [1.54, 1.807) is 18.4 Å². The van der Waals surface area contributed by atoms with Gasteiger partial charge >= 0.3 is 0 Å². The molecule has 0 saturated carbocycles. The number of nitrogens with zero attached hydrogens (tertiary/aromatic N) is 3. The minimum absolute atomic E-state index is 0.0475. The van der Waals surface area contributed by atoms with Gasteiger partial charge in [0.25, 0.3) is 0 Å². The van der Waals surface area contributed by atoms with Gasteiger partial charge in [-0.3, -0.25) is 9.59 Å². The molecule has 0 bridgehead atoms. The van der Waals surface area contributed by atoms with Crippen LogP contribution in [0.25, 0.3) is 0 Å². The second-order valence-corrected chi connectivity index (χ2v) is 11.7. The maximum absolute atomic E-state index is 12.2. The molecule has 1 unspecified atom stereocenters. The molecule has 40 heavy (non-hydrogen) atoms. The van der Waals surface area contributed by atoms with Gasteiger partial charge in [0.15, 0.2) is 5.78 Å². The zero-order valence-corrected chi connectivity index (χ0v) is 26.6. The third-order valence-electron chi connectivity index (χ3n) is 6.82. The number of hydrogen-bond donors (Lipinski definition) is 1.